The van der Waals surface area contributed by atoms with Gasteiger partial charge in [-0.25, -0.2) is 0 Å². The van der Waals surface area contributed by atoms with Gasteiger partial charge in [-0.1, -0.05) is 43.9 Å². The van der Waals surface area contributed by atoms with E-state index in [1.807, 2.05) is 12.3 Å². The van der Waals surface area contributed by atoms with Crippen molar-refractivity contribution >= 4 is 21.9 Å². The first-order chi connectivity index (χ1) is 9.40. The van der Waals surface area contributed by atoms with E-state index in [4.69, 9.17) is 4.42 Å². The third-order valence-electron chi connectivity index (χ3n) is 4.29. The van der Waals surface area contributed by atoms with Gasteiger partial charge in [0.1, 0.15) is 5.76 Å². The van der Waals surface area contributed by atoms with Crippen LogP contribution in [0.15, 0.2) is 40.9 Å². The van der Waals surface area contributed by atoms with Crippen LogP contribution in [0.5, 0.6) is 0 Å². The van der Waals surface area contributed by atoms with E-state index in [1.165, 1.54) is 36.5 Å². The van der Waals surface area contributed by atoms with Gasteiger partial charge in [-0.3, -0.25) is 4.98 Å². The minimum Gasteiger partial charge on any atom is -0.459 e. The van der Waals surface area contributed by atoms with E-state index in [2.05, 4.69) is 29.2 Å². The Bertz CT molecular complexity index is 722. The molecule has 0 N–H and O–H groups in total. The summed E-state index contributed by atoms with van der Waals surface area (Å²) in [5.41, 5.74) is 1.97. The Morgan fingerprint density at radius 2 is 1.95 bits per heavy atom. The summed E-state index contributed by atoms with van der Waals surface area (Å²) in [5.74, 6) is 1.94. The highest BCUT2D eigenvalue weighted by Crippen LogP contribution is 2.32. The molecule has 1 saturated carbocycles. The molecule has 2 nitrogen and oxygen atoms in total. The van der Waals surface area contributed by atoms with E-state index in [0.29, 0.717) is 0 Å². The molecule has 0 aliphatic heterocycles. The molecule has 0 unspecified atom stereocenters. The van der Waals surface area contributed by atoms with Crippen molar-refractivity contribution in [1.82, 2.24) is 4.98 Å². The Labute approximate surface area is 112 Å². The molecule has 0 spiro atoms. The Balaban J connectivity index is 1.79. The number of benzene rings is 1. The Kier molecular flexibility index (Phi) is 2.54. The second kappa shape index (κ2) is 4.37. The number of aromatic nitrogens is 1. The molecular formula is C17H17NO. The number of rotatable bonds is 2. The van der Waals surface area contributed by atoms with Crippen molar-refractivity contribution in [2.75, 3.05) is 0 Å². The highest BCUT2D eigenvalue weighted by atomic mass is 16.3. The summed E-state index contributed by atoms with van der Waals surface area (Å²) in [6.45, 7) is 0. The maximum Gasteiger partial charge on any atom is 0.153 e. The zero-order valence-corrected chi connectivity index (χ0v) is 10.9. The van der Waals surface area contributed by atoms with Crippen LogP contribution in [0.4, 0.5) is 0 Å². The van der Waals surface area contributed by atoms with Crippen molar-refractivity contribution in [2.24, 2.45) is 5.92 Å². The standard InChI is InChI=1S/C17H17NO/c1-2-6-12(5-1)9-13-10-15-14-7-3-4-8-16(14)18-11-17(15)19-13/h3-4,7-8,10-12H,1-2,5-6,9H2. The highest BCUT2D eigenvalue weighted by Gasteiger charge is 2.18. The largest absolute Gasteiger partial charge is 0.459 e. The van der Waals surface area contributed by atoms with Crippen LogP contribution in [-0.4, -0.2) is 4.98 Å². The Hall–Kier alpha value is -1.83. The predicted octanol–water partition coefficient (Wildman–Crippen LogP) is 4.71. The summed E-state index contributed by atoms with van der Waals surface area (Å²) in [5, 5.41) is 2.40. The number of furan rings is 1. The van der Waals surface area contributed by atoms with Crippen LogP contribution >= 0.6 is 0 Å². The van der Waals surface area contributed by atoms with Gasteiger partial charge in [0.25, 0.3) is 0 Å². The van der Waals surface area contributed by atoms with Gasteiger partial charge < -0.3 is 4.42 Å². The molecule has 2 heteroatoms. The molecule has 3 aromatic rings. The summed E-state index contributed by atoms with van der Waals surface area (Å²) in [6, 6.07) is 10.5. The summed E-state index contributed by atoms with van der Waals surface area (Å²) in [6.07, 6.45) is 8.43. The molecule has 0 amide bonds. The van der Waals surface area contributed by atoms with Crippen molar-refractivity contribution in [1.29, 1.82) is 0 Å². The molecule has 1 fully saturated rings. The number of hydrogen-bond acceptors (Lipinski definition) is 2. The second-order valence-electron chi connectivity index (χ2n) is 5.62. The maximum atomic E-state index is 5.98. The van der Waals surface area contributed by atoms with Gasteiger partial charge in [0.2, 0.25) is 0 Å². The number of fused-ring (bicyclic) bond motifs is 3. The Morgan fingerprint density at radius 3 is 2.84 bits per heavy atom. The molecule has 2 heterocycles. The van der Waals surface area contributed by atoms with Crippen LogP contribution in [0, 0.1) is 5.92 Å². The van der Waals surface area contributed by atoms with Crippen molar-refractivity contribution in [3.05, 3.63) is 42.3 Å². The molecule has 2 aromatic heterocycles. The van der Waals surface area contributed by atoms with Crippen LogP contribution < -0.4 is 0 Å². The van der Waals surface area contributed by atoms with Crippen molar-refractivity contribution < 1.29 is 4.42 Å². The fourth-order valence-electron chi connectivity index (χ4n) is 3.31. The van der Waals surface area contributed by atoms with E-state index in [9.17, 15) is 0 Å². The first kappa shape index (κ1) is 11.0. The smallest absolute Gasteiger partial charge is 0.153 e. The average molecular weight is 251 g/mol. The summed E-state index contributed by atoms with van der Waals surface area (Å²) < 4.78 is 5.98. The SMILES string of the molecule is c1ccc2c(c1)ncc1oc(CC3CCCC3)cc12. The lowest BCUT2D eigenvalue weighted by atomic mass is 10.0. The van der Waals surface area contributed by atoms with Gasteiger partial charge in [0, 0.05) is 17.2 Å². The summed E-state index contributed by atoms with van der Waals surface area (Å²) >= 11 is 0. The fourth-order valence-corrected chi connectivity index (χ4v) is 3.31. The number of nitrogens with zero attached hydrogens (tertiary/aromatic N) is 1. The van der Waals surface area contributed by atoms with Crippen molar-refractivity contribution in [3.8, 4) is 0 Å². The molecule has 0 saturated heterocycles. The zero-order valence-electron chi connectivity index (χ0n) is 10.9. The molecule has 1 aromatic carbocycles. The lowest BCUT2D eigenvalue weighted by Crippen LogP contribution is -1.96. The van der Waals surface area contributed by atoms with Crippen LogP contribution in [0.3, 0.4) is 0 Å². The molecule has 19 heavy (non-hydrogen) atoms. The number of para-hydroxylation sites is 1. The van der Waals surface area contributed by atoms with Gasteiger partial charge in [-0.05, 0) is 18.1 Å². The van der Waals surface area contributed by atoms with Gasteiger partial charge in [-0.2, -0.15) is 0 Å². The van der Waals surface area contributed by atoms with Crippen molar-refractivity contribution in [3.63, 3.8) is 0 Å². The van der Waals surface area contributed by atoms with Crippen LogP contribution in [0.1, 0.15) is 31.4 Å². The molecule has 0 atom stereocenters. The minimum atomic E-state index is 0.819. The van der Waals surface area contributed by atoms with E-state index in [-0.39, 0.29) is 0 Å². The molecule has 96 valence electrons. The average Bonchev–Trinajstić information content (AvgIpc) is 3.08. The van der Waals surface area contributed by atoms with E-state index >= 15 is 0 Å². The fraction of sp³-hybridized carbons (Fsp3) is 0.353. The lowest BCUT2D eigenvalue weighted by molar-refractivity contribution is 0.462. The summed E-state index contributed by atoms with van der Waals surface area (Å²) in [7, 11) is 0. The predicted molar refractivity (Wildman–Crippen MR) is 77.2 cm³/mol. The van der Waals surface area contributed by atoms with E-state index < -0.39 is 0 Å². The van der Waals surface area contributed by atoms with Crippen LogP contribution in [0.2, 0.25) is 0 Å². The number of hydrogen-bond donors (Lipinski definition) is 0. The maximum absolute atomic E-state index is 5.98. The third kappa shape index (κ3) is 1.92. The topological polar surface area (TPSA) is 26.0 Å². The molecule has 4 rings (SSSR count). The first-order valence-electron chi connectivity index (χ1n) is 7.16. The normalized spacial score (nSPS) is 16.6. The lowest BCUT2D eigenvalue weighted by Gasteiger charge is -2.04. The molecular weight excluding hydrogens is 234 g/mol. The molecule has 0 bridgehead atoms. The monoisotopic (exact) mass is 251 g/mol. The molecule has 0 radical (unpaired) electrons. The van der Waals surface area contributed by atoms with Gasteiger partial charge in [0.15, 0.2) is 5.58 Å². The highest BCUT2D eigenvalue weighted by molar-refractivity contribution is 6.03. The van der Waals surface area contributed by atoms with Gasteiger partial charge in [0.05, 0.1) is 11.7 Å². The number of pyridine rings is 1. The van der Waals surface area contributed by atoms with Gasteiger partial charge in [-0.15, -0.1) is 0 Å². The van der Waals surface area contributed by atoms with Crippen molar-refractivity contribution in [2.45, 2.75) is 32.1 Å². The van der Waals surface area contributed by atoms with Crippen LogP contribution in [0.25, 0.3) is 21.9 Å². The van der Waals surface area contributed by atoms with E-state index in [0.717, 1.165) is 29.2 Å². The Morgan fingerprint density at radius 1 is 1.11 bits per heavy atom. The first-order valence-corrected chi connectivity index (χ1v) is 7.16. The third-order valence-corrected chi connectivity index (χ3v) is 4.29. The van der Waals surface area contributed by atoms with Crippen LogP contribution in [-0.2, 0) is 6.42 Å². The zero-order chi connectivity index (χ0) is 12.7. The second-order valence-corrected chi connectivity index (χ2v) is 5.62. The minimum absolute atomic E-state index is 0.819. The van der Waals surface area contributed by atoms with E-state index in [1.54, 1.807) is 0 Å². The quantitative estimate of drug-likeness (QED) is 0.659. The van der Waals surface area contributed by atoms with Gasteiger partial charge >= 0.3 is 0 Å². The molecule has 1 aliphatic rings. The molecule has 1 aliphatic carbocycles. The summed E-state index contributed by atoms with van der Waals surface area (Å²) in [4.78, 5) is 4.46.